The maximum Gasteiger partial charge on any atom is 0.191 e. The van der Waals surface area contributed by atoms with Crippen LogP contribution in [0.2, 0.25) is 0 Å². The number of hydrogen-bond acceptors (Lipinski definition) is 3. The molecule has 0 unspecified atom stereocenters. The van der Waals surface area contributed by atoms with Crippen molar-refractivity contribution >= 4 is 5.96 Å². The summed E-state index contributed by atoms with van der Waals surface area (Å²) >= 11 is 0. The summed E-state index contributed by atoms with van der Waals surface area (Å²) in [6.45, 7) is 4.85. The van der Waals surface area contributed by atoms with Crippen LogP contribution in [0.4, 0.5) is 0 Å². The van der Waals surface area contributed by atoms with Gasteiger partial charge in [-0.1, -0.05) is 48.5 Å². The zero-order chi connectivity index (χ0) is 20.2. The lowest BCUT2D eigenvalue weighted by Crippen LogP contribution is -2.38. The third-order valence-electron chi connectivity index (χ3n) is 4.34. The molecule has 0 bridgehead atoms. The monoisotopic (exact) mass is 388 g/mol. The van der Waals surface area contributed by atoms with Gasteiger partial charge >= 0.3 is 0 Å². The van der Waals surface area contributed by atoms with Gasteiger partial charge < -0.3 is 15.4 Å². The molecule has 0 saturated heterocycles. The summed E-state index contributed by atoms with van der Waals surface area (Å²) in [4.78, 5) is 9.02. The standard InChI is InChI=1S/C24H28N4O/c1-2-25-24(27-17-15-22-10-6-7-16-26-22)28-18-20-11-13-23(14-12-20)29-19-21-8-4-3-5-9-21/h3-14,16H,2,15,17-19H2,1H3,(H2,25,27,28). The molecule has 0 aliphatic rings. The first-order valence-electron chi connectivity index (χ1n) is 10.0. The Kier molecular flexibility index (Phi) is 8.08. The third kappa shape index (κ3) is 7.30. The fraction of sp³-hybridized carbons (Fsp3) is 0.250. The number of nitrogens with zero attached hydrogens (tertiary/aromatic N) is 2. The predicted molar refractivity (Wildman–Crippen MR) is 118 cm³/mol. The summed E-state index contributed by atoms with van der Waals surface area (Å²) < 4.78 is 5.84. The quantitative estimate of drug-likeness (QED) is 0.430. The number of hydrogen-bond donors (Lipinski definition) is 2. The minimum absolute atomic E-state index is 0.573. The van der Waals surface area contributed by atoms with Gasteiger partial charge in [0, 0.05) is 31.4 Å². The van der Waals surface area contributed by atoms with E-state index in [0.29, 0.717) is 13.2 Å². The van der Waals surface area contributed by atoms with E-state index in [1.807, 2.05) is 54.7 Å². The maximum absolute atomic E-state index is 5.84. The Hall–Kier alpha value is -3.34. The number of ether oxygens (including phenoxy) is 1. The average molecular weight is 389 g/mol. The molecule has 0 aliphatic carbocycles. The molecule has 0 amide bonds. The molecule has 1 heterocycles. The summed E-state index contributed by atoms with van der Waals surface area (Å²) in [6.07, 6.45) is 2.68. The van der Waals surface area contributed by atoms with Crippen molar-refractivity contribution in [1.29, 1.82) is 0 Å². The molecule has 5 nitrogen and oxygen atoms in total. The first kappa shape index (κ1) is 20.4. The van der Waals surface area contributed by atoms with E-state index < -0.39 is 0 Å². The fourth-order valence-electron chi connectivity index (χ4n) is 2.80. The second-order valence-corrected chi connectivity index (χ2v) is 6.61. The van der Waals surface area contributed by atoms with E-state index in [0.717, 1.165) is 48.0 Å². The van der Waals surface area contributed by atoms with Gasteiger partial charge in [-0.3, -0.25) is 4.98 Å². The molecule has 0 fully saturated rings. The highest BCUT2D eigenvalue weighted by Crippen LogP contribution is 2.14. The Morgan fingerprint density at radius 2 is 1.69 bits per heavy atom. The van der Waals surface area contributed by atoms with Gasteiger partial charge in [0.05, 0.1) is 6.54 Å². The van der Waals surface area contributed by atoms with Crippen molar-refractivity contribution in [3.8, 4) is 5.75 Å². The lowest BCUT2D eigenvalue weighted by atomic mass is 10.2. The molecule has 2 N–H and O–H groups in total. The van der Waals surface area contributed by atoms with Crippen LogP contribution in [-0.4, -0.2) is 24.0 Å². The van der Waals surface area contributed by atoms with Crippen molar-refractivity contribution < 1.29 is 4.74 Å². The van der Waals surface area contributed by atoms with Gasteiger partial charge in [0.15, 0.2) is 5.96 Å². The molecule has 150 valence electrons. The number of aromatic nitrogens is 1. The number of rotatable bonds is 9. The van der Waals surface area contributed by atoms with Crippen LogP contribution in [0.15, 0.2) is 84.0 Å². The zero-order valence-electron chi connectivity index (χ0n) is 16.8. The van der Waals surface area contributed by atoms with Gasteiger partial charge in [-0.2, -0.15) is 0 Å². The van der Waals surface area contributed by atoms with Crippen molar-refractivity contribution in [2.24, 2.45) is 4.99 Å². The SMILES string of the molecule is CCNC(=NCc1ccc(OCc2ccccc2)cc1)NCCc1ccccn1. The summed E-state index contributed by atoms with van der Waals surface area (Å²) in [7, 11) is 0. The van der Waals surface area contributed by atoms with E-state index in [9.17, 15) is 0 Å². The molecule has 0 radical (unpaired) electrons. The normalized spacial score (nSPS) is 11.1. The Bertz CT molecular complexity index is 864. The molecule has 2 aromatic carbocycles. The van der Waals surface area contributed by atoms with Crippen molar-refractivity contribution in [2.45, 2.75) is 26.5 Å². The average Bonchev–Trinajstić information content (AvgIpc) is 2.78. The molecule has 3 aromatic rings. The first-order valence-corrected chi connectivity index (χ1v) is 10.0. The van der Waals surface area contributed by atoms with Gasteiger partial charge in [-0.05, 0) is 42.3 Å². The van der Waals surface area contributed by atoms with E-state index in [2.05, 4.69) is 51.8 Å². The van der Waals surface area contributed by atoms with Crippen LogP contribution in [0.5, 0.6) is 5.75 Å². The van der Waals surface area contributed by atoms with Crippen LogP contribution in [0.25, 0.3) is 0 Å². The molecule has 0 saturated carbocycles. The summed E-state index contributed by atoms with van der Waals surface area (Å²) in [5.41, 5.74) is 3.37. The van der Waals surface area contributed by atoms with E-state index in [-0.39, 0.29) is 0 Å². The number of aliphatic imine (C=N–C) groups is 1. The molecular weight excluding hydrogens is 360 g/mol. The van der Waals surface area contributed by atoms with Crippen LogP contribution in [0.1, 0.15) is 23.7 Å². The molecular formula is C24H28N4O. The summed E-state index contributed by atoms with van der Waals surface area (Å²) in [5, 5.41) is 6.65. The second-order valence-electron chi connectivity index (χ2n) is 6.61. The Labute approximate surface area is 172 Å². The van der Waals surface area contributed by atoms with Crippen LogP contribution >= 0.6 is 0 Å². The molecule has 0 spiro atoms. The lowest BCUT2D eigenvalue weighted by molar-refractivity contribution is 0.306. The largest absolute Gasteiger partial charge is 0.489 e. The van der Waals surface area contributed by atoms with E-state index in [1.54, 1.807) is 0 Å². The predicted octanol–water partition coefficient (Wildman–Crippen LogP) is 3.96. The molecule has 29 heavy (non-hydrogen) atoms. The number of benzene rings is 2. The summed E-state index contributed by atoms with van der Waals surface area (Å²) in [5.74, 6) is 1.68. The highest BCUT2D eigenvalue weighted by atomic mass is 16.5. The Morgan fingerprint density at radius 1 is 0.897 bits per heavy atom. The minimum atomic E-state index is 0.573. The lowest BCUT2D eigenvalue weighted by Gasteiger charge is -2.11. The third-order valence-corrected chi connectivity index (χ3v) is 4.34. The van der Waals surface area contributed by atoms with Crippen molar-refractivity contribution in [2.75, 3.05) is 13.1 Å². The highest BCUT2D eigenvalue weighted by Gasteiger charge is 2.00. The van der Waals surface area contributed by atoms with Crippen LogP contribution < -0.4 is 15.4 Å². The van der Waals surface area contributed by atoms with Gasteiger partial charge in [-0.25, -0.2) is 4.99 Å². The second kappa shape index (κ2) is 11.5. The smallest absolute Gasteiger partial charge is 0.191 e. The van der Waals surface area contributed by atoms with Gasteiger partial charge in [0.2, 0.25) is 0 Å². The fourth-order valence-corrected chi connectivity index (χ4v) is 2.80. The topological polar surface area (TPSA) is 58.5 Å². The number of pyridine rings is 1. The Morgan fingerprint density at radius 3 is 2.41 bits per heavy atom. The van der Waals surface area contributed by atoms with Crippen LogP contribution in [-0.2, 0) is 19.6 Å². The van der Waals surface area contributed by atoms with Crippen molar-refractivity contribution in [1.82, 2.24) is 15.6 Å². The van der Waals surface area contributed by atoms with Gasteiger partial charge in [-0.15, -0.1) is 0 Å². The number of nitrogens with one attached hydrogen (secondary N) is 2. The molecule has 0 aliphatic heterocycles. The van der Waals surface area contributed by atoms with E-state index in [1.165, 1.54) is 0 Å². The van der Waals surface area contributed by atoms with E-state index in [4.69, 9.17) is 4.74 Å². The molecule has 1 aromatic heterocycles. The molecule has 5 heteroatoms. The maximum atomic E-state index is 5.84. The molecule has 0 atom stereocenters. The highest BCUT2D eigenvalue weighted by molar-refractivity contribution is 5.79. The molecule has 3 rings (SSSR count). The first-order chi connectivity index (χ1) is 14.3. The van der Waals surface area contributed by atoms with Crippen LogP contribution in [0.3, 0.4) is 0 Å². The minimum Gasteiger partial charge on any atom is -0.489 e. The van der Waals surface area contributed by atoms with E-state index >= 15 is 0 Å². The van der Waals surface area contributed by atoms with Crippen LogP contribution in [0, 0.1) is 0 Å². The van der Waals surface area contributed by atoms with Gasteiger partial charge in [0.1, 0.15) is 12.4 Å². The zero-order valence-corrected chi connectivity index (χ0v) is 16.8. The number of guanidine groups is 1. The van der Waals surface area contributed by atoms with Crippen molar-refractivity contribution in [3.05, 3.63) is 95.8 Å². The Balaban J connectivity index is 1.48. The van der Waals surface area contributed by atoms with Crippen molar-refractivity contribution in [3.63, 3.8) is 0 Å². The summed E-state index contributed by atoms with van der Waals surface area (Å²) in [6, 6.07) is 24.2. The van der Waals surface area contributed by atoms with Gasteiger partial charge in [0.25, 0.3) is 0 Å².